The first-order valence-corrected chi connectivity index (χ1v) is 9.90. The van der Waals surface area contributed by atoms with E-state index in [-0.39, 0.29) is 6.04 Å². The van der Waals surface area contributed by atoms with Crippen LogP contribution < -0.4 is 4.90 Å². The van der Waals surface area contributed by atoms with E-state index in [0.717, 1.165) is 47.9 Å². The van der Waals surface area contributed by atoms with E-state index < -0.39 is 0 Å². The fraction of sp³-hybridized carbons (Fsp3) is 0.400. The van der Waals surface area contributed by atoms with Gasteiger partial charge in [0.05, 0.1) is 23.2 Å². The SMILES string of the molecule is c1ccn2nc([C@H]3c4nc[nH]c4CCN3c3nnc(CC4CCC4)o3)cc2c1. The molecule has 5 heterocycles. The van der Waals surface area contributed by atoms with Crippen LogP contribution in [0.25, 0.3) is 5.52 Å². The number of pyridine rings is 1. The molecule has 0 bridgehead atoms. The highest BCUT2D eigenvalue weighted by atomic mass is 16.4. The zero-order valence-electron chi connectivity index (χ0n) is 15.5. The maximum atomic E-state index is 6.08. The van der Waals surface area contributed by atoms with Gasteiger partial charge in [0.1, 0.15) is 6.04 Å². The normalized spacial score (nSPS) is 19.7. The third kappa shape index (κ3) is 2.51. The number of aromatic nitrogens is 6. The topological polar surface area (TPSA) is 88.1 Å². The van der Waals surface area contributed by atoms with Crippen LogP contribution in [-0.4, -0.2) is 36.3 Å². The fourth-order valence-electron chi connectivity index (χ4n) is 4.26. The second-order valence-electron chi connectivity index (χ2n) is 7.73. The standard InChI is InChI=1S/C20H21N7O/c1-2-8-27-14(6-1)11-16(25-27)19-18-15(21-12-22-18)7-9-26(19)20-24-23-17(28-20)10-13-4-3-5-13/h1-2,6,8,11-13,19H,3-5,7,9-10H2,(H,21,22)/t19-/m0/s1. The molecule has 1 saturated carbocycles. The Morgan fingerprint density at radius 3 is 3.04 bits per heavy atom. The Labute approximate surface area is 161 Å². The molecule has 4 aromatic rings. The number of aromatic amines is 1. The van der Waals surface area contributed by atoms with Crippen LogP contribution in [0.4, 0.5) is 6.01 Å². The molecule has 6 rings (SSSR count). The molecule has 1 aliphatic carbocycles. The average Bonchev–Trinajstić information content (AvgIpc) is 3.42. The summed E-state index contributed by atoms with van der Waals surface area (Å²) in [7, 11) is 0. The molecule has 0 unspecified atom stereocenters. The summed E-state index contributed by atoms with van der Waals surface area (Å²) in [5.41, 5.74) is 4.11. The van der Waals surface area contributed by atoms with E-state index in [1.165, 1.54) is 19.3 Å². The van der Waals surface area contributed by atoms with Gasteiger partial charge >= 0.3 is 6.01 Å². The van der Waals surface area contributed by atoms with Crippen LogP contribution in [0.3, 0.4) is 0 Å². The van der Waals surface area contributed by atoms with E-state index in [0.29, 0.717) is 11.9 Å². The van der Waals surface area contributed by atoms with Gasteiger partial charge in [0.2, 0.25) is 5.89 Å². The lowest BCUT2D eigenvalue weighted by Crippen LogP contribution is -2.37. The molecular formula is C20H21N7O. The zero-order valence-corrected chi connectivity index (χ0v) is 15.5. The maximum Gasteiger partial charge on any atom is 0.319 e. The molecule has 28 heavy (non-hydrogen) atoms. The summed E-state index contributed by atoms with van der Waals surface area (Å²) in [6.07, 6.45) is 9.31. The van der Waals surface area contributed by atoms with Crippen molar-refractivity contribution >= 4 is 11.5 Å². The van der Waals surface area contributed by atoms with E-state index in [2.05, 4.69) is 37.2 Å². The molecule has 0 radical (unpaired) electrons. The molecule has 8 nitrogen and oxygen atoms in total. The van der Waals surface area contributed by atoms with Crippen molar-refractivity contribution in [2.75, 3.05) is 11.4 Å². The number of hydrogen-bond donors (Lipinski definition) is 1. The van der Waals surface area contributed by atoms with Crippen molar-refractivity contribution in [3.63, 3.8) is 0 Å². The van der Waals surface area contributed by atoms with Crippen molar-refractivity contribution in [3.8, 4) is 0 Å². The molecule has 142 valence electrons. The first-order valence-electron chi connectivity index (χ1n) is 9.90. The van der Waals surface area contributed by atoms with E-state index in [4.69, 9.17) is 9.52 Å². The number of nitrogens with one attached hydrogen (secondary N) is 1. The number of rotatable bonds is 4. The van der Waals surface area contributed by atoms with Crippen molar-refractivity contribution in [1.82, 2.24) is 29.8 Å². The molecule has 1 aliphatic heterocycles. The van der Waals surface area contributed by atoms with Crippen molar-refractivity contribution in [2.24, 2.45) is 5.92 Å². The van der Waals surface area contributed by atoms with Gasteiger partial charge in [-0.05, 0) is 37.0 Å². The Hall–Kier alpha value is -3.16. The molecule has 1 N–H and O–H groups in total. The van der Waals surface area contributed by atoms with Gasteiger partial charge in [-0.2, -0.15) is 5.10 Å². The molecule has 0 saturated heterocycles. The largest absolute Gasteiger partial charge is 0.408 e. The van der Waals surface area contributed by atoms with Gasteiger partial charge in [0.25, 0.3) is 0 Å². The molecule has 0 amide bonds. The number of fused-ring (bicyclic) bond motifs is 2. The monoisotopic (exact) mass is 375 g/mol. The Kier molecular flexibility index (Phi) is 3.50. The summed E-state index contributed by atoms with van der Waals surface area (Å²) < 4.78 is 7.97. The number of H-pyrrole nitrogens is 1. The third-order valence-corrected chi connectivity index (χ3v) is 5.98. The lowest BCUT2D eigenvalue weighted by molar-refractivity contribution is 0.290. The van der Waals surface area contributed by atoms with E-state index in [1.54, 1.807) is 6.33 Å². The highest BCUT2D eigenvalue weighted by Crippen LogP contribution is 2.37. The maximum absolute atomic E-state index is 6.08. The first kappa shape index (κ1) is 15.9. The van der Waals surface area contributed by atoms with Crippen LogP contribution in [0.5, 0.6) is 0 Å². The molecular weight excluding hydrogens is 354 g/mol. The van der Waals surface area contributed by atoms with Gasteiger partial charge in [0, 0.05) is 31.3 Å². The third-order valence-electron chi connectivity index (χ3n) is 5.98. The minimum absolute atomic E-state index is 0.146. The Balaban J connectivity index is 1.40. The molecule has 8 heteroatoms. The van der Waals surface area contributed by atoms with E-state index >= 15 is 0 Å². The zero-order chi connectivity index (χ0) is 18.5. The van der Waals surface area contributed by atoms with Crippen LogP contribution in [0.15, 0.2) is 41.2 Å². The summed E-state index contributed by atoms with van der Waals surface area (Å²) in [5, 5.41) is 13.5. The lowest BCUT2D eigenvalue weighted by atomic mass is 9.83. The molecule has 1 fully saturated rings. The second kappa shape index (κ2) is 6.19. The van der Waals surface area contributed by atoms with Crippen LogP contribution >= 0.6 is 0 Å². The van der Waals surface area contributed by atoms with E-state index in [9.17, 15) is 0 Å². The van der Waals surface area contributed by atoms with Gasteiger partial charge in [-0.1, -0.05) is 17.6 Å². The smallest absolute Gasteiger partial charge is 0.319 e. The predicted molar refractivity (Wildman–Crippen MR) is 102 cm³/mol. The van der Waals surface area contributed by atoms with Gasteiger partial charge in [0.15, 0.2) is 0 Å². The highest BCUT2D eigenvalue weighted by Gasteiger charge is 2.36. The number of imidazole rings is 1. The number of anilines is 1. The number of hydrogen-bond acceptors (Lipinski definition) is 6. The van der Waals surface area contributed by atoms with Gasteiger partial charge in [-0.3, -0.25) is 0 Å². The minimum Gasteiger partial charge on any atom is -0.408 e. The van der Waals surface area contributed by atoms with Gasteiger partial charge in [-0.25, -0.2) is 9.50 Å². The number of nitrogens with zero attached hydrogens (tertiary/aromatic N) is 6. The quantitative estimate of drug-likeness (QED) is 0.590. The summed E-state index contributed by atoms with van der Waals surface area (Å²) >= 11 is 0. The van der Waals surface area contributed by atoms with Crippen LogP contribution in [0.1, 0.15) is 48.3 Å². The lowest BCUT2D eigenvalue weighted by Gasteiger charge is -2.32. The Morgan fingerprint density at radius 1 is 1.21 bits per heavy atom. The van der Waals surface area contributed by atoms with Crippen LogP contribution in [0, 0.1) is 5.92 Å². The molecule has 1 atom stereocenters. The van der Waals surface area contributed by atoms with Crippen molar-refractivity contribution < 1.29 is 4.42 Å². The van der Waals surface area contributed by atoms with Crippen molar-refractivity contribution in [3.05, 3.63) is 59.8 Å². The highest BCUT2D eigenvalue weighted by molar-refractivity contribution is 5.51. The van der Waals surface area contributed by atoms with Crippen LogP contribution in [0.2, 0.25) is 0 Å². The summed E-state index contributed by atoms with van der Waals surface area (Å²) in [6.45, 7) is 0.777. The Morgan fingerprint density at radius 2 is 2.18 bits per heavy atom. The molecule has 2 aliphatic rings. The predicted octanol–water partition coefficient (Wildman–Crippen LogP) is 2.94. The summed E-state index contributed by atoms with van der Waals surface area (Å²) in [4.78, 5) is 10.0. The second-order valence-corrected chi connectivity index (χ2v) is 7.73. The summed E-state index contributed by atoms with van der Waals surface area (Å²) in [6, 6.07) is 8.57. The fourth-order valence-corrected chi connectivity index (χ4v) is 4.26. The Bertz CT molecular complexity index is 1090. The van der Waals surface area contributed by atoms with Gasteiger partial charge in [-0.15, -0.1) is 5.10 Å². The molecule has 0 spiro atoms. The minimum atomic E-state index is -0.146. The first-order chi connectivity index (χ1) is 13.8. The molecule has 0 aromatic carbocycles. The summed E-state index contributed by atoms with van der Waals surface area (Å²) in [5.74, 6) is 1.43. The average molecular weight is 375 g/mol. The van der Waals surface area contributed by atoms with Crippen molar-refractivity contribution in [1.29, 1.82) is 0 Å². The van der Waals surface area contributed by atoms with E-state index in [1.807, 2.05) is 22.8 Å². The van der Waals surface area contributed by atoms with Crippen molar-refractivity contribution in [2.45, 2.75) is 38.1 Å². The molecule has 4 aromatic heterocycles. The van der Waals surface area contributed by atoms with Crippen LogP contribution in [-0.2, 0) is 12.8 Å². The van der Waals surface area contributed by atoms with Gasteiger partial charge < -0.3 is 14.3 Å².